The average Bonchev–Trinajstić information content (AvgIpc) is 2.58. The molecule has 2 aromatic carbocycles. The lowest BCUT2D eigenvalue weighted by molar-refractivity contribution is 0.964. The van der Waals surface area contributed by atoms with Gasteiger partial charge in [-0.15, -0.1) is 5.10 Å². The summed E-state index contributed by atoms with van der Waals surface area (Å²) in [6.07, 6.45) is 1.59. The van der Waals surface area contributed by atoms with Gasteiger partial charge < -0.3 is 10.6 Å². The summed E-state index contributed by atoms with van der Waals surface area (Å²) in [6.45, 7) is 6.78. The van der Waals surface area contributed by atoms with E-state index in [1.54, 1.807) is 6.20 Å². The third kappa shape index (κ3) is 4.25. The molecular weight excluding hydrogens is 334 g/mol. The van der Waals surface area contributed by atoms with Gasteiger partial charge in [-0.1, -0.05) is 47.5 Å². The highest BCUT2D eigenvalue weighted by molar-refractivity contribution is 6.31. The predicted octanol–water partition coefficient (Wildman–Crippen LogP) is 4.81. The standard InChI is InChI=1S/C19H20ClN5/c1-12-8-13(2)18(14(3)9-12)24-19-23-17(11-22-25-19)21-10-15-6-4-5-7-16(15)20/h4-9,11H,10H2,1-3H3,(H2,21,23,24,25). The Kier molecular flexibility index (Phi) is 5.14. The van der Waals surface area contributed by atoms with E-state index < -0.39 is 0 Å². The van der Waals surface area contributed by atoms with Gasteiger partial charge in [0.15, 0.2) is 5.82 Å². The first-order chi connectivity index (χ1) is 12.0. The van der Waals surface area contributed by atoms with Crippen LogP contribution in [0.2, 0.25) is 5.02 Å². The summed E-state index contributed by atoms with van der Waals surface area (Å²) in [5, 5.41) is 15.3. The molecule has 128 valence electrons. The fraction of sp³-hybridized carbons (Fsp3) is 0.211. The molecule has 1 aromatic heterocycles. The van der Waals surface area contributed by atoms with E-state index in [0.29, 0.717) is 18.3 Å². The highest BCUT2D eigenvalue weighted by atomic mass is 35.5. The molecule has 1 heterocycles. The number of nitrogens with one attached hydrogen (secondary N) is 2. The van der Waals surface area contributed by atoms with Gasteiger partial charge in [-0.3, -0.25) is 0 Å². The number of hydrogen-bond donors (Lipinski definition) is 2. The predicted molar refractivity (Wildman–Crippen MR) is 103 cm³/mol. The van der Waals surface area contributed by atoms with Gasteiger partial charge in [0.05, 0.1) is 6.20 Å². The number of nitrogens with zero attached hydrogens (tertiary/aromatic N) is 3. The van der Waals surface area contributed by atoms with Crippen molar-refractivity contribution in [1.82, 2.24) is 15.2 Å². The van der Waals surface area contributed by atoms with E-state index in [2.05, 4.69) is 58.7 Å². The van der Waals surface area contributed by atoms with Crippen molar-refractivity contribution < 1.29 is 0 Å². The molecule has 5 nitrogen and oxygen atoms in total. The summed E-state index contributed by atoms with van der Waals surface area (Å²) in [5.41, 5.74) is 5.54. The fourth-order valence-electron chi connectivity index (χ4n) is 2.76. The molecule has 2 N–H and O–H groups in total. The van der Waals surface area contributed by atoms with Crippen LogP contribution in [0, 0.1) is 20.8 Å². The minimum atomic E-state index is 0.458. The van der Waals surface area contributed by atoms with E-state index in [-0.39, 0.29) is 0 Å². The molecule has 0 spiro atoms. The summed E-state index contributed by atoms with van der Waals surface area (Å²) in [6, 6.07) is 12.0. The molecule has 0 fully saturated rings. The van der Waals surface area contributed by atoms with Crippen LogP contribution in [-0.4, -0.2) is 15.2 Å². The molecule has 0 bridgehead atoms. The first kappa shape index (κ1) is 17.2. The molecule has 0 aliphatic carbocycles. The van der Waals surface area contributed by atoms with Gasteiger partial charge in [-0.05, 0) is 43.5 Å². The van der Waals surface area contributed by atoms with Gasteiger partial charge in [0, 0.05) is 17.3 Å². The molecule has 0 unspecified atom stereocenters. The summed E-state index contributed by atoms with van der Waals surface area (Å²) >= 11 is 6.18. The van der Waals surface area contributed by atoms with Crippen LogP contribution in [0.4, 0.5) is 17.5 Å². The summed E-state index contributed by atoms with van der Waals surface area (Å²) in [7, 11) is 0. The van der Waals surface area contributed by atoms with Gasteiger partial charge in [0.1, 0.15) is 0 Å². The van der Waals surface area contributed by atoms with Gasteiger partial charge in [-0.25, -0.2) is 0 Å². The number of rotatable bonds is 5. The molecule has 0 saturated heterocycles. The third-order valence-corrected chi connectivity index (χ3v) is 4.26. The third-order valence-electron chi connectivity index (χ3n) is 3.89. The Morgan fingerprint density at radius 3 is 2.48 bits per heavy atom. The number of aryl methyl sites for hydroxylation is 3. The molecular formula is C19H20ClN5. The lowest BCUT2D eigenvalue weighted by Crippen LogP contribution is -2.07. The molecule has 6 heteroatoms. The highest BCUT2D eigenvalue weighted by Crippen LogP contribution is 2.24. The van der Waals surface area contributed by atoms with E-state index in [9.17, 15) is 0 Å². The van der Waals surface area contributed by atoms with Crippen LogP contribution >= 0.6 is 11.6 Å². The summed E-state index contributed by atoms with van der Waals surface area (Å²) in [5.74, 6) is 1.10. The van der Waals surface area contributed by atoms with Gasteiger partial charge in [0.25, 0.3) is 0 Å². The van der Waals surface area contributed by atoms with E-state index in [4.69, 9.17) is 11.6 Å². The van der Waals surface area contributed by atoms with Crippen LogP contribution < -0.4 is 10.6 Å². The van der Waals surface area contributed by atoms with Gasteiger partial charge in [-0.2, -0.15) is 10.1 Å². The zero-order valence-corrected chi connectivity index (χ0v) is 15.2. The molecule has 0 atom stereocenters. The summed E-state index contributed by atoms with van der Waals surface area (Å²) in [4.78, 5) is 4.48. The zero-order chi connectivity index (χ0) is 17.8. The minimum Gasteiger partial charge on any atom is -0.364 e. The quantitative estimate of drug-likeness (QED) is 0.689. The van der Waals surface area contributed by atoms with Crippen LogP contribution in [0.5, 0.6) is 0 Å². The van der Waals surface area contributed by atoms with E-state index in [1.165, 1.54) is 5.56 Å². The Bertz CT molecular complexity index is 871. The van der Waals surface area contributed by atoms with E-state index in [1.807, 2.05) is 24.3 Å². The van der Waals surface area contributed by atoms with Crippen LogP contribution in [0.1, 0.15) is 22.3 Å². The maximum Gasteiger partial charge on any atom is 0.249 e. The first-order valence-corrected chi connectivity index (χ1v) is 8.42. The molecule has 0 saturated carbocycles. The van der Waals surface area contributed by atoms with Crippen LogP contribution in [-0.2, 0) is 6.54 Å². The molecule has 0 amide bonds. The monoisotopic (exact) mass is 353 g/mol. The van der Waals surface area contributed by atoms with E-state index >= 15 is 0 Å². The van der Waals surface area contributed by atoms with Crippen molar-refractivity contribution in [2.24, 2.45) is 0 Å². The Labute approximate surface area is 152 Å². The molecule has 0 aliphatic heterocycles. The van der Waals surface area contributed by atoms with Crippen molar-refractivity contribution in [1.29, 1.82) is 0 Å². The van der Waals surface area contributed by atoms with Crippen molar-refractivity contribution in [2.45, 2.75) is 27.3 Å². The SMILES string of the molecule is Cc1cc(C)c(Nc2nncc(NCc3ccccc3Cl)n2)c(C)c1. The average molecular weight is 354 g/mol. The van der Waals surface area contributed by atoms with Crippen LogP contribution in [0.25, 0.3) is 0 Å². The Hall–Kier alpha value is -2.66. The van der Waals surface area contributed by atoms with Gasteiger partial charge in [0.2, 0.25) is 5.95 Å². The smallest absolute Gasteiger partial charge is 0.249 e. The maximum absolute atomic E-state index is 6.18. The molecule has 0 aliphatic rings. The summed E-state index contributed by atoms with van der Waals surface area (Å²) < 4.78 is 0. The largest absolute Gasteiger partial charge is 0.364 e. The lowest BCUT2D eigenvalue weighted by atomic mass is 10.1. The van der Waals surface area contributed by atoms with Crippen molar-refractivity contribution in [3.8, 4) is 0 Å². The Morgan fingerprint density at radius 1 is 1.04 bits per heavy atom. The van der Waals surface area contributed by atoms with Crippen molar-refractivity contribution in [3.63, 3.8) is 0 Å². The van der Waals surface area contributed by atoms with Crippen molar-refractivity contribution >= 4 is 29.1 Å². The number of aromatic nitrogens is 3. The van der Waals surface area contributed by atoms with E-state index in [0.717, 1.165) is 27.4 Å². The Balaban J connectivity index is 1.75. The first-order valence-electron chi connectivity index (χ1n) is 8.05. The second-order valence-corrected chi connectivity index (χ2v) is 6.42. The second-order valence-electron chi connectivity index (χ2n) is 6.01. The number of hydrogen-bond acceptors (Lipinski definition) is 5. The molecule has 25 heavy (non-hydrogen) atoms. The van der Waals surface area contributed by atoms with Crippen molar-refractivity contribution in [2.75, 3.05) is 10.6 Å². The maximum atomic E-state index is 6.18. The molecule has 0 radical (unpaired) electrons. The molecule has 3 rings (SSSR count). The fourth-order valence-corrected chi connectivity index (χ4v) is 2.96. The highest BCUT2D eigenvalue weighted by Gasteiger charge is 2.07. The topological polar surface area (TPSA) is 62.7 Å². The second kappa shape index (κ2) is 7.49. The van der Waals surface area contributed by atoms with Crippen molar-refractivity contribution in [3.05, 3.63) is 69.9 Å². The van der Waals surface area contributed by atoms with Crippen LogP contribution in [0.3, 0.4) is 0 Å². The normalized spacial score (nSPS) is 10.6. The number of halogens is 1. The van der Waals surface area contributed by atoms with Crippen LogP contribution in [0.15, 0.2) is 42.6 Å². The molecule has 3 aromatic rings. The Morgan fingerprint density at radius 2 is 1.76 bits per heavy atom. The number of benzene rings is 2. The number of anilines is 3. The van der Waals surface area contributed by atoms with Gasteiger partial charge >= 0.3 is 0 Å². The lowest BCUT2D eigenvalue weighted by Gasteiger charge is -2.13. The minimum absolute atomic E-state index is 0.458. The zero-order valence-electron chi connectivity index (χ0n) is 14.5.